The number of benzene rings is 2. The van der Waals surface area contributed by atoms with Crippen molar-refractivity contribution in [2.45, 2.75) is 44.8 Å². The molecule has 0 saturated carbocycles. The van der Waals surface area contributed by atoms with Crippen molar-refractivity contribution in [3.8, 4) is 11.4 Å². The van der Waals surface area contributed by atoms with Crippen molar-refractivity contribution < 1.29 is 4.79 Å². The Balaban J connectivity index is 1.70. The molecule has 152 valence electrons. The lowest BCUT2D eigenvalue weighted by Crippen LogP contribution is -2.14. The van der Waals surface area contributed by atoms with Crippen LogP contribution in [0, 0.1) is 0 Å². The third-order valence-electron chi connectivity index (χ3n) is 4.48. The van der Waals surface area contributed by atoms with Crippen LogP contribution in [0.15, 0.2) is 53.7 Å². The van der Waals surface area contributed by atoms with E-state index in [9.17, 15) is 4.79 Å². The second kappa shape index (κ2) is 9.01. The highest BCUT2D eigenvalue weighted by Crippen LogP contribution is 2.27. The number of hydrogen-bond donors (Lipinski definition) is 1. The van der Waals surface area contributed by atoms with Crippen molar-refractivity contribution in [2.75, 3.05) is 11.1 Å². The number of carbonyl (C=O) groups excluding carboxylic acids is 1. The minimum atomic E-state index is -0.112. The van der Waals surface area contributed by atoms with E-state index in [1.54, 1.807) is 18.2 Å². The standard InChI is InChI=1S/C22H25ClN4OS/c1-5-27-20(15-9-11-16(12-10-15)22(2,3)4)25-26-21(27)29-14-19(28)24-18-8-6-7-17(23)13-18/h6-13H,5,14H2,1-4H3,(H,24,28). The van der Waals surface area contributed by atoms with Gasteiger partial charge in [0.2, 0.25) is 5.91 Å². The fourth-order valence-electron chi connectivity index (χ4n) is 2.91. The van der Waals surface area contributed by atoms with Crippen LogP contribution in [-0.4, -0.2) is 26.4 Å². The van der Waals surface area contributed by atoms with Crippen LogP contribution in [0.5, 0.6) is 0 Å². The van der Waals surface area contributed by atoms with Crippen LogP contribution in [0.1, 0.15) is 33.3 Å². The second-order valence-corrected chi connectivity index (χ2v) is 9.10. The Labute approximate surface area is 180 Å². The summed E-state index contributed by atoms with van der Waals surface area (Å²) in [5.74, 6) is 0.942. The molecule has 2 aromatic carbocycles. The predicted molar refractivity (Wildman–Crippen MR) is 121 cm³/mol. The van der Waals surface area contributed by atoms with Crippen LogP contribution < -0.4 is 5.32 Å². The Bertz CT molecular complexity index is 993. The number of nitrogens with one attached hydrogen (secondary N) is 1. The van der Waals surface area contributed by atoms with Gasteiger partial charge in [0.15, 0.2) is 11.0 Å². The predicted octanol–water partition coefficient (Wildman–Crippen LogP) is 5.65. The Hall–Kier alpha value is -2.31. The maximum absolute atomic E-state index is 12.3. The van der Waals surface area contributed by atoms with Gasteiger partial charge in [-0.3, -0.25) is 4.79 Å². The topological polar surface area (TPSA) is 59.8 Å². The van der Waals surface area contributed by atoms with Gasteiger partial charge in [-0.05, 0) is 36.1 Å². The molecule has 1 amide bonds. The van der Waals surface area contributed by atoms with Gasteiger partial charge < -0.3 is 9.88 Å². The van der Waals surface area contributed by atoms with Crippen LogP contribution in [0.3, 0.4) is 0 Å². The molecular weight excluding hydrogens is 404 g/mol. The lowest BCUT2D eigenvalue weighted by atomic mass is 9.87. The molecule has 0 aliphatic rings. The maximum atomic E-state index is 12.3. The molecule has 0 fully saturated rings. The van der Waals surface area contributed by atoms with E-state index < -0.39 is 0 Å². The summed E-state index contributed by atoms with van der Waals surface area (Å²) >= 11 is 7.33. The highest BCUT2D eigenvalue weighted by Gasteiger charge is 2.17. The molecule has 5 nitrogen and oxygen atoms in total. The van der Waals surface area contributed by atoms with E-state index in [0.29, 0.717) is 10.7 Å². The van der Waals surface area contributed by atoms with Crippen LogP contribution >= 0.6 is 23.4 Å². The van der Waals surface area contributed by atoms with Crippen molar-refractivity contribution in [3.63, 3.8) is 0 Å². The summed E-state index contributed by atoms with van der Waals surface area (Å²) in [5.41, 5.74) is 3.08. The number of amides is 1. The van der Waals surface area contributed by atoms with Crippen LogP contribution in [0.2, 0.25) is 5.02 Å². The number of anilines is 1. The molecule has 1 heterocycles. The van der Waals surface area contributed by atoms with E-state index >= 15 is 0 Å². The minimum Gasteiger partial charge on any atom is -0.325 e. The van der Waals surface area contributed by atoms with Crippen molar-refractivity contribution in [3.05, 3.63) is 59.1 Å². The van der Waals surface area contributed by atoms with E-state index in [4.69, 9.17) is 11.6 Å². The zero-order valence-corrected chi connectivity index (χ0v) is 18.6. The van der Waals surface area contributed by atoms with Gasteiger partial charge in [-0.15, -0.1) is 10.2 Å². The van der Waals surface area contributed by atoms with Crippen LogP contribution in [-0.2, 0) is 16.8 Å². The average molecular weight is 429 g/mol. The number of rotatable bonds is 6. The normalized spacial score (nSPS) is 11.5. The van der Waals surface area contributed by atoms with Crippen LogP contribution in [0.4, 0.5) is 5.69 Å². The SMILES string of the molecule is CCn1c(SCC(=O)Nc2cccc(Cl)c2)nnc1-c1ccc(C(C)(C)C)cc1. The summed E-state index contributed by atoms with van der Waals surface area (Å²) in [4.78, 5) is 12.3. The number of nitrogens with zero attached hydrogens (tertiary/aromatic N) is 3. The first-order valence-electron chi connectivity index (χ1n) is 9.50. The lowest BCUT2D eigenvalue weighted by molar-refractivity contribution is -0.113. The molecule has 7 heteroatoms. The molecule has 1 N–H and O–H groups in total. The molecule has 3 rings (SSSR count). The van der Waals surface area contributed by atoms with Crippen molar-refractivity contribution in [1.82, 2.24) is 14.8 Å². The van der Waals surface area contributed by atoms with Crippen LogP contribution in [0.25, 0.3) is 11.4 Å². The van der Waals surface area contributed by atoms with E-state index in [1.807, 2.05) is 17.6 Å². The summed E-state index contributed by atoms with van der Waals surface area (Å²) in [6.07, 6.45) is 0. The lowest BCUT2D eigenvalue weighted by Gasteiger charge is -2.19. The molecule has 29 heavy (non-hydrogen) atoms. The van der Waals surface area contributed by atoms with E-state index in [2.05, 4.69) is 60.6 Å². The molecule has 0 aliphatic heterocycles. The van der Waals surface area contributed by atoms with E-state index in [1.165, 1.54) is 17.3 Å². The molecule has 3 aromatic rings. The van der Waals surface area contributed by atoms with Gasteiger partial charge in [-0.25, -0.2) is 0 Å². The maximum Gasteiger partial charge on any atom is 0.234 e. The first kappa shape index (κ1) is 21.4. The number of hydrogen-bond acceptors (Lipinski definition) is 4. The fourth-order valence-corrected chi connectivity index (χ4v) is 3.90. The summed E-state index contributed by atoms with van der Waals surface area (Å²) in [6, 6.07) is 15.5. The molecule has 1 aromatic heterocycles. The van der Waals surface area contributed by atoms with Crippen molar-refractivity contribution in [1.29, 1.82) is 0 Å². The van der Waals surface area contributed by atoms with Gasteiger partial charge in [0, 0.05) is 22.8 Å². The Morgan fingerprint density at radius 2 is 1.86 bits per heavy atom. The number of carbonyl (C=O) groups is 1. The second-order valence-electron chi connectivity index (χ2n) is 7.72. The minimum absolute atomic E-state index is 0.105. The van der Waals surface area contributed by atoms with Gasteiger partial charge in [-0.1, -0.05) is 74.5 Å². The monoisotopic (exact) mass is 428 g/mol. The largest absolute Gasteiger partial charge is 0.325 e. The molecule has 0 saturated heterocycles. The molecule has 0 spiro atoms. The Morgan fingerprint density at radius 3 is 2.48 bits per heavy atom. The quantitative estimate of drug-likeness (QED) is 0.515. The van der Waals surface area contributed by atoms with E-state index in [-0.39, 0.29) is 17.1 Å². The van der Waals surface area contributed by atoms with Crippen molar-refractivity contribution in [2.24, 2.45) is 0 Å². The Morgan fingerprint density at radius 1 is 1.14 bits per heavy atom. The fraction of sp³-hybridized carbons (Fsp3) is 0.318. The summed E-state index contributed by atoms with van der Waals surface area (Å²) in [5, 5.41) is 12.8. The molecule has 0 unspecified atom stereocenters. The molecule has 0 atom stereocenters. The molecule has 0 aliphatic carbocycles. The number of aromatic nitrogens is 3. The first-order valence-corrected chi connectivity index (χ1v) is 10.9. The van der Waals surface area contributed by atoms with Gasteiger partial charge in [0.1, 0.15) is 0 Å². The number of halogens is 1. The highest BCUT2D eigenvalue weighted by atomic mass is 35.5. The van der Waals surface area contributed by atoms with E-state index in [0.717, 1.165) is 23.1 Å². The van der Waals surface area contributed by atoms with Gasteiger partial charge in [0.05, 0.1) is 5.75 Å². The summed E-state index contributed by atoms with van der Waals surface area (Å²) in [6.45, 7) is 9.35. The summed E-state index contributed by atoms with van der Waals surface area (Å²) < 4.78 is 2.03. The van der Waals surface area contributed by atoms with Crippen molar-refractivity contribution >= 4 is 35.0 Å². The molecular formula is C22H25ClN4OS. The van der Waals surface area contributed by atoms with Gasteiger partial charge >= 0.3 is 0 Å². The first-order chi connectivity index (χ1) is 13.8. The third kappa shape index (κ3) is 5.40. The average Bonchev–Trinajstić information content (AvgIpc) is 3.08. The molecule has 0 bridgehead atoms. The smallest absolute Gasteiger partial charge is 0.234 e. The Kier molecular flexibility index (Phi) is 6.65. The number of thioether (sulfide) groups is 1. The third-order valence-corrected chi connectivity index (χ3v) is 5.68. The summed E-state index contributed by atoms with van der Waals surface area (Å²) in [7, 11) is 0. The zero-order valence-electron chi connectivity index (χ0n) is 17.1. The van der Waals surface area contributed by atoms with Gasteiger partial charge in [0.25, 0.3) is 0 Å². The highest BCUT2D eigenvalue weighted by molar-refractivity contribution is 7.99. The van der Waals surface area contributed by atoms with Gasteiger partial charge in [-0.2, -0.15) is 0 Å². The zero-order chi connectivity index (χ0) is 21.0. The molecule has 0 radical (unpaired) electrons.